The van der Waals surface area contributed by atoms with Gasteiger partial charge in [-0.25, -0.2) is 0 Å². The number of hydrogen-bond acceptors (Lipinski definition) is 6. The highest BCUT2D eigenvalue weighted by Gasteiger charge is 2.27. The molecule has 0 N–H and O–H groups in total. The molecule has 0 aliphatic heterocycles. The number of alkyl halides is 2. The van der Waals surface area contributed by atoms with Crippen LogP contribution in [0.3, 0.4) is 0 Å². The fourth-order valence-electron chi connectivity index (χ4n) is 3.27. The third-order valence-electron chi connectivity index (χ3n) is 4.80. The van der Waals surface area contributed by atoms with Gasteiger partial charge in [-0.3, -0.25) is 14.9 Å². The summed E-state index contributed by atoms with van der Waals surface area (Å²) in [5.74, 6) is -0.697. The number of fused-ring (bicyclic) bond motifs is 1. The molecule has 3 aromatic carbocycles. The first-order valence-electron chi connectivity index (χ1n) is 9.37. The molecule has 3 rings (SSSR count). The minimum atomic E-state index is -3.21. The summed E-state index contributed by atoms with van der Waals surface area (Å²) in [4.78, 5) is 24.9. The van der Waals surface area contributed by atoms with Crippen molar-refractivity contribution in [2.24, 2.45) is 0 Å². The largest absolute Gasteiger partial charge is 0.497 e. The van der Waals surface area contributed by atoms with Crippen molar-refractivity contribution in [1.82, 2.24) is 4.90 Å². The first-order valence-corrected chi connectivity index (χ1v) is 9.37. The van der Waals surface area contributed by atoms with Crippen molar-refractivity contribution in [3.05, 3.63) is 69.8 Å². The van der Waals surface area contributed by atoms with Crippen molar-refractivity contribution < 1.29 is 32.7 Å². The van der Waals surface area contributed by atoms with Crippen LogP contribution < -0.4 is 14.2 Å². The molecule has 10 heteroatoms. The average Bonchev–Trinajstić information content (AvgIpc) is 2.77. The van der Waals surface area contributed by atoms with E-state index >= 15 is 0 Å². The summed E-state index contributed by atoms with van der Waals surface area (Å²) >= 11 is 0. The zero-order chi connectivity index (χ0) is 23.4. The van der Waals surface area contributed by atoms with E-state index in [1.54, 1.807) is 7.11 Å². The van der Waals surface area contributed by atoms with Crippen molar-refractivity contribution >= 4 is 22.4 Å². The summed E-state index contributed by atoms with van der Waals surface area (Å²) in [6.07, 6.45) is 0. The SMILES string of the molecule is COc1ccc2cc(CN(C)C(=O)c3cc(OC)c(OC(F)F)cc3[N+](=O)[O-])ccc2c1. The third kappa shape index (κ3) is 4.85. The van der Waals surface area contributed by atoms with Gasteiger partial charge in [0, 0.05) is 19.7 Å². The molecule has 8 nitrogen and oxygen atoms in total. The molecular weight excluding hydrogens is 426 g/mol. The first-order chi connectivity index (χ1) is 15.2. The summed E-state index contributed by atoms with van der Waals surface area (Å²) < 4.78 is 39.7. The van der Waals surface area contributed by atoms with Gasteiger partial charge < -0.3 is 19.1 Å². The monoisotopic (exact) mass is 446 g/mol. The Bertz CT molecular complexity index is 1170. The molecule has 0 fully saturated rings. The molecule has 0 aromatic heterocycles. The van der Waals surface area contributed by atoms with Crippen molar-refractivity contribution in [1.29, 1.82) is 0 Å². The standard InChI is InChI=1S/C22H20F2N2O6/c1-25(12-13-4-5-15-9-16(30-2)7-6-14(15)8-13)21(27)17-10-19(31-3)20(32-22(23)24)11-18(17)26(28)29/h4-11,22H,12H2,1-3H3. The number of carbonyl (C=O) groups excluding carboxylic acids is 1. The number of methoxy groups -OCH3 is 2. The molecule has 0 radical (unpaired) electrons. The maximum absolute atomic E-state index is 13.0. The maximum Gasteiger partial charge on any atom is 0.387 e. The molecule has 32 heavy (non-hydrogen) atoms. The van der Waals surface area contributed by atoms with Crippen LogP contribution in [0.4, 0.5) is 14.5 Å². The summed E-state index contributed by atoms with van der Waals surface area (Å²) in [7, 11) is 4.25. The fraction of sp³-hybridized carbons (Fsp3) is 0.227. The number of nitrogens with zero attached hydrogens (tertiary/aromatic N) is 2. The van der Waals surface area contributed by atoms with Crippen LogP contribution >= 0.6 is 0 Å². The molecule has 3 aromatic rings. The van der Waals surface area contributed by atoms with Gasteiger partial charge in [0.1, 0.15) is 11.3 Å². The number of benzene rings is 3. The van der Waals surface area contributed by atoms with Crippen LogP contribution in [0, 0.1) is 10.1 Å². The number of carbonyl (C=O) groups is 1. The van der Waals surface area contributed by atoms with Gasteiger partial charge in [0.05, 0.1) is 25.2 Å². The molecule has 0 heterocycles. The van der Waals surface area contributed by atoms with Gasteiger partial charge in [-0.15, -0.1) is 0 Å². The lowest BCUT2D eigenvalue weighted by atomic mass is 10.1. The van der Waals surface area contributed by atoms with E-state index in [0.29, 0.717) is 0 Å². The summed E-state index contributed by atoms with van der Waals surface area (Å²) in [5.41, 5.74) is -0.170. The van der Waals surface area contributed by atoms with Crippen LogP contribution in [-0.4, -0.2) is 43.6 Å². The van der Waals surface area contributed by atoms with E-state index in [2.05, 4.69) is 4.74 Å². The smallest absolute Gasteiger partial charge is 0.387 e. The zero-order valence-corrected chi connectivity index (χ0v) is 17.5. The van der Waals surface area contributed by atoms with E-state index in [4.69, 9.17) is 9.47 Å². The molecular formula is C22H20F2N2O6. The quantitative estimate of drug-likeness (QED) is 0.370. The molecule has 0 saturated carbocycles. The van der Waals surface area contributed by atoms with Gasteiger partial charge in [-0.2, -0.15) is 8.78 Å². The van der Waals surface area contributed by atoms with Gasteiger partial charge in [0.15, 0.2) is 11.5 Å². The number of rotatable bonds is 8. The molecule has 0 atom stereocenters. The Hall–Kier alpha value is -3.95. The predicted octanol–water partition coefficient (Wildman–Crippen LogP) is 4.64. The molecule has 0 aliphatic rings. The number of hydrogen-bond donors (Lipinski definition) is 0. The lowest BCUT2D eigenvalue weighted by molar-refractivity contribution is -0.385. The highest BCUT2D eigenvalue weighted by molar-refractivity contribution is 5.99. The molecule has 0 saturated heterocycles. The maximum atomic E-state index is 13.0. The van der Waals surface area contributed by atoms with Crippen molar-refractivity contribution in [2.45, 2.75) is 13.2 Å². The molecule has 168 valence electrons. The second-order valence-corrected chi connectivity index (χ2v) is 6.86. The van der Waals surface area contributed by atoms with Crippen molar-refractivity contribution in [3.8, 4) is 17.2 Å². The van der Waals surface area contributed by atoms with Crippen LogP contribution in [-0.2, 0) is 6.54 Å². The van der Waals surface area contributed by atoms with Crippen LogP contribution in [0.25, 0.3) is 10.8 Å². The first kappa shape index (κ1) is 22.7. The second kappa shape index (κ2) is 9.46. The van der Waals surface area contributed by atoms with E-state index in [1.807, 2.05) is 36.4 Å². The van der Waals surface area contributed by atoms with Crippen LogP contribution in [0.2, 0.25) is 0 Å². The van der Waals surface area contributed by atoms with Gasteiger partial charge >= 0.3 is 6.61 Å². The number of nitro groups is 1. The molecule has 0 aliphatic carbocycles. The number of ether oxygens (including phenoxy) is 3. The Morgan fingerprint density at radius 3 is 2.34 bits per heavy atom. The predicted molar refractivity (Wildman–Crippen MR) is 113 cm³/mol. The van der Waals surface area contributed by atoms with E-state index in [1.165, 1.54) is 19.1 Å². The topological polar surface area (TPSA) is 91.1 Å². The molecule has 0 unspecified atom stereocenters. The van der Waals surface area contributed by atoms with Gasteiger partial charge in [-0.05, 0) is 34.5 Å². The van der Waals surface area contributed by atoms with Crippen molar-refractivity contribution in [3.63, 3.8) is 0 Å². The number of halogens is 2. The number of amides is 1. The van der Waals surface area contributed by atoms with Gasteiger partial charge in [0.25, 0.3) is 11.6 Å². The summed E-state index contributed by atoms with van der Waals surface area (Å²) in [6, 6.07) is 13.0. The van der Waals surface area contributed by atoms with Gasteiger partial charge in [0.2, 0.25) is 0 Å². The van der Waals surface area contributed by atoms with Crippen LogP contribution in [0.1, 0.15) is 15.9 Å². The number of nitro benzene ring substituents is 1. The third-order valence-corrected chi connectivity index (χ3v) is 4.80. The Kier molecular flexibility index (Phi) is 6.72. The minimum Gasteiger partial charge on any atom is -0.497 e. The lowest BCUT2D eigenvalue weighted by Gasteiger charge is -2.19. The Morgan fingerprint density at radius 1 is 1.03 bits per heavy atom. The van der Waals surface area contributed by atoms with E-state index in [-0.39, 0.29) is 17.9 Å². The summed E-state index contributed by atoms with van der Waals surface area (Å²) in [6.45, 7) is -3.05. The van der Waals surface area contributed by atoms with E-state index in [0.717, 1.165) is 34.2 Å². The van der Waals surface area contributed by atoms with E-state index in [9.17, 15) is 23.7 Å². The van der Waals surface area contributed by atoms with E-state index < -0.39 is 28.9 Å². The lowest BCUT2D eigenvalue weighted by Crippen LogP contribution is -2.27. The highest BCUT2D eigenvalue weighted by atomic mass is 19.3. The van der Waals surface area contributed by atoms with Gasteiger partial charge in [-0.1, -0.05) is 18.2 Å². The molecule has 1 amide bonds. The Balaban J connectivity index is 1.90. The Labute approximate surface area is 182 Å². The molecule has 0 bridgehead atoms. The normalized spacial score (nSPS) is 10.8. The highest BCUT2D eigenvalue weighted by Crippen LogP contribution is 2.36. The summed E-state index contributed by atoms with van der Waals surface area (Å²) in [5, 5.41) is 13.4. The van der Waals surface area contributed by atoms with Crippen LogP contribution in [0.15, 0.2) is 48.5 Å². The minimum absolute atomic E-state index is 0.162. The molecule has 0 spiro atoms. The average molecular weight is 446 g/mol. The van der Waals surface area contributed by atoms with Crippen molar-refractivity contribution in [2.75, 3.05) is 21.3 Å². The fourth-order valence-corrected chi connectivity index (χ4v) is 3.27. The zero-order valence-electron chi connectivity index (χ0n) is 17.5. The Morgan fingerprint density at radius 2 is 1.72 bits per heavy atom. The van der Waals surface area contributed by atoms with Crippen LogP contribution in [0.5, 0.6) is 17.2 Å². The second-order valence-electron chi connectivity index (χ2n) is 6.86.